The van der Waals surface area contributed by atoms with Crippen LogP contribution in [0.25, 0.3) is 11.5 Å². The Bertz CT molecular complexity index is 951. The first-order valence-corrected chi connectivity index (χ1v) is 8.71. The number of rotatable bonds is 5. The van der Waals surface area contributed by atoms with Crippen molar-refractivity contribution in [2.75, 3.05) is 5.32 Å². The Morgan fingerprint density at radius 1 is 1.19 bits per heavy atom. The Kier molecular flexibility index (Phi) is 5.53. The normalized spacial score (nSPS) is 12.0. The van der Waals surface area contributed by atoms with E-state index < -0.39 is 16.9 Å². The lowest BCUT2D eigenvalue weighted by Crippen LogP contribution is -2.22. The molecule has 3 aromatic rings. The Morgan fingerprint density at radius 2 is 1.96 bits per heavy atom. The smallest absolute Gasteiger partial charge is 0.277 e. The lowest BCUT2D eigenvalue weighted by atomic mass is 10.2. The van der Waals surface area contributed by atoms with Gasteiger partial charge in [-0.05, 0) is 37.3 Å². The lowest BCUT2D eigenvalue weighted by Gasteiger charge is -2.10. The quantitative estimate of drug-likeness (QED) is 0.629. The predicted molar refractivity (Wildman–Crippen MR) is 95.1 cm³/mol. The SMILES string of the molecule is C[C@@H](Sc1nnc(-c2ccccc2F)o1)C(=O)Nc1ccc(F)c(Cl)c1. The van der Waals surface area contributed by atoms with Crippen molar-refractivity contribution in [3.8, 4) is 11.5 Å². The fourth-order valence-corrected chi connectivity index (χ4v) is 2.89. The van der Waals surface area contributed by atoms with Gasteiger partial charge in [0.15, 0.2) is 0 Å². The first-order valence-electron chi connectivity index (χ1n) is 7.45. The zero-order valence-electron chi connectivity index (χ0n) is 13.4. The minimum atomic E-state index is -0.590. The highest BCUT2D eigenvalue weighted by atomic mass is 35.5. The highest BCUT2D eigenvalue weighted by Gasteiger charge is 2.20. The molecular weight excluding hydrogens is 384 g/mol. The van der Waals surface area contributed by atoms with Crippen LogP contribution in [0.1, 0.15) is 6.92 Å². The molecule has 0 saturated heterocycles. The van der Waals surface area contributed by atoms with Gasteiger partial charge in [-0.25, -0.2) is 8.78 Å². The number of carbonyl (C=O) groups is 1. The summed E-state index contributed by atoms with van der Waals surface area (Å²) in [5.74, 6) is -1.38. The standard InChI is InChI=1S/C17H12ClF2N3O2S/c1-9(15(24)21-10-6-7-14(20)12(18)8-10)26-17-23-22-16(25-17)11-4-2-3-5-13(11)19/h2-9H,1H3,(H,21,24)/t9-/m1/s1. The average Bonchev–Trinajstić information content (AvgIpc) is 3.06. The highest BCUT2D eigenvalue weighted by Crippen LogP contribution is 2.28. The van der Waals surface area contributed by atoms with E-state index in [0.717, 1.165) is 17.8 Å². The molecule has 0 radical (unpaired) electrons. The first kappa shape index (κ1) is 18.3. The number of hydrogen-bond acceptors (Lipinski definition) is 5. The van der Waals surface area contributed by atoms with Gasteiger partial charge in [-0.2, -0.15) is 0 Å². The van der Waals surface area contributed by atoms with Crippen molar-refractivity contribution in [1.29, 1.82) is 0 Å². The number of hydrogen-bond donors (Lipinski definition) is 1. The van der Waals surface area contributed by atoms with Crippen LogP contribution in [0.15, 0.2) is 52.1 Å². The number of nitrogens with one attached hydrogen (secondary N) is 1. The molecule has 0 aliphatic rings. The molecule has 1 N–H and O–H groups in total. The van der Waals surface area contributed by atoms with Crippen LogP contribution in [0.5, 0.6) is 0 Å². The summed E-state index contributed by atoms with van der Waals surface area (Å²) in [4.78, 5) is 12.2. The van der Waals surface area contributed by atoms with E-state index >= 15 is 0 Å². The van der Waals surface area contributed by atoms with Crippen LogP contribution in [0.3, 0.4) is 0 Å². The third-order valence-corrected chi connectivity index (χ3v) is 4.57. The molecule has 0 bridgehead atoms. The van der Waals surface area contributed by atoms with Crippen LogP contribution in [0.4, 0.5) is 14.5 Å². The molecule has 0 unspecified atom stereocenters. The molecule has 1 heterocycles. The maximum absolute atomic E-state index is 13.7. The molecule has 0 aliphatic heterocycles. The maximum atomic E-state index is 13.7. The Labute approximate surface area is 156 Å². The summed E-state index contributed by atoms with van der Waals surface area (Å²) in [6.45, 7) is 1.64. The van der Waals surface area contributed by atoms with Crippen molar-refractivity contribution < 1.29 is 18.0 Å². The van der Waals surface area contributed by atoms with Gasteiger partial charge in [0.05, 0.1) is 15.8 Å². The van der Waals surface area contributed by atoms with Crippen molar-refractivity contribution in [2.45, 2.75) is 17.4 Å². The number of thioether (sulfide) groups is 1. The van der Waals surface area contributed by atoms with Crippen LogP contribution in [0, 0.1) is 11.6 Å². The number of amides is 1. The van der Waals surface area contributed by atoms with E-state index in [-0.39, 0.29) is 27.6 Å². The summed E-state index contributed by atoms with van der Waals surface area (Å²) in [6, 6.07) is 9.89. The molecule has 1 amide bonds. The van der Waals surface area contributed by atoms with Gasteiger partial charge in [0.2, 0.25) is 5.91 Å². The highest BCUT2D eigenvalue weighted by molar-refractivity contribution is 8.00. The maximum Gasteiger partial charge on any atom is 0.277 e. The van der Waals surface area contributed by atoms with E-state index in [1.165, 1.54) is 24.3 Å². The minimum absolute atomic E-state index is 0.0310. The van der Waals surface area contributed by atoms with Crippen molar-refractivity contribution in [3.63, 3.8) is 0 Å². The average molecular weight is 396 g/mol. The van der Waals surface area contributed by atoms with Gasteiger partial charge in [0.25, 0.3) is 11.1 Å². The largest absolute Gasteiger partial charge is 0.411 e. The monoisotopic (exact) mass is 395 g/mol. The first-order chi connectivity index (χ1) is 12.4. The third-order valence-electron chi connectivity index (χ3n) is 3.34. The summed E-state index contributed by atoms with van der Waals surface area (Å²) in [7, 11) is 0. The van der Waals surface area contributed by atoms with E-state index in [4.69, 9.17) is 16.0 Å². The zero-order valence-corrected chi connectivity index (χ0v) is 14.9. The van der Waals surface area contributed by atoms with Crippen molar-refractivity contribution in [3.05, 3.63) is 59.1 Å². The van der Waals surface area contributed by atoms with E-state index in [0.29, 0.717) is 5.69 Å². The predicted octanol–water partition coefficient (Wildman–Crippen LogP) is 4.79. The molecule has 26 heavy (non-hydrogen) atoms. The van der Waals surface area contributed by atoms with Crippen LogP contribution < -0.4 is 5.32 Å². The second-order valence-corrected chi connectivity index (χ2v) is 6.93. The van der Waals surface area contributed by atoms with Crippen molar-refractivity contribution >= 4 is 35.0 Å². The van der Waals surface area contributed by atoms with Crippen LogP contribution in [-0.2, 0) is 4.79 Å². The number of halogens is 3. The van der Waals surface area contributed by atoms with E-state index in [1.54, 1.807) is 19.1 Å². The number of nitrogens with zero attached hydrogens (tertiary/aromatic N) is 2. The number of carbonyl (C=O) groups excluding carboxylic acids is 1. The second kappa shape index (κ2) is 7.84. The van der Waals surface area contributed by atoms with Gasteiger partial charge in [0, 0.05) is 5.69 Å². The van der Waals surface area contributed by atoms with Crippen LogP contribution in [-0.4, -0.2) is 21.4 Å². The lowest BCUT2D eigenvalue weighted by molar-refractivity contribution is -0.115. The topological polar surface area (TPSA) is 68.0 Å². The summed E-state index contributed by atoms with van der Waals surface area (Å²) in [6.07, 6.45) is 0. The molecule has 0 fully saturated rings. The van der Waals surface area contributed by atoms with E-state index in [9.17, 15) is 13.6 Å². The van der Waals surface area contributed by atoms with Crippen molar-refractivity contribution in [1.82, 2.24) is 10.2 Å². The second-order valence-electron chi connectivity index (χ2n) is 5.23. The molecular formula is C17H12ClF2N3O2S. The minimum Gasteiger partial charge on any atom is -0.411 e. The van der Waals surface area contributed by atoms with Gasteiger partial charge < -0.3 is 9.73 Å². The molecule has 134 valence electrons. The van der Waals surface area contributed by atoms with Gasteiger partial charge in [-0.3, -0.25) is 4.79 Å². The fraction of sp³-hybridized carbons (Fsp3) is 0.118. The molecule has 1 atom stereocenters. The number of anilines is 1. The van der Waals surface area contributed by atoms with Gasteiger partial charge in [-0.1, -0.05) is 35.5 Å². The Hall–Kier alpha value is -2.45. The molecule has 9 heteroatoms. The molecule has 2 aromatic carbocycles. The molecule has 1 aromatic heterocycles. The fourth-order valence-electron chi connectivity index (χ4n) is 2.02. The summed E-state index contributed by atoms with van der Waals surface area (Å²) >= 11 is 6.70. The molecule has 0 aliphatic carbocycles. The number of benzene rings is 2. The van der Waals surface area contributed by atoms with E-state index in [2.05, 4.69) is 15.5 Å². The Balaban J connectivity index is 1.66. The molecule has 3 rings (SSSR count). The van der Waals surface area contributed by atoms with Crippen LogP contribution >= 0.6 is 23.4 Å². The zero-order chi connectivity index (χ0) is 18.7. The Morgan fingerprint density at radius 3 is 2.69 bits per heavy atom. The summed E-state index contributed by atoms with van der Waals surface area (Å²) < 4.78 is 32.3. The van der Waals surface area contributed by atoms with Gasteiger partial charge in [-0.15, -0.1) is 10.2 Å². The third kappa shape index (κ3) is 4.20. The summed E-state index contributed by atoms with van der Waals surface area (Å²) in [5, 5.41) is 9.68. The number of aromatic nitrogens is 2. The molecule has 5 nitrogen and oxygen atoms in total. The van der Waals surface area contributed by atoms with Gasteiger partial charge in [0.1, 0.15) is 11.6 Å². The van der Waals surface area contributed by atoms with Crippen molar-refractivity contribution in [2.24, 2.45) is 0 Å². The van der Waals surface area contributed by atoms with Gasteiger partial charge >= 0.3 is 0 Å². The molecule has 0 saturated carbocycles. The summed E-state index contributed by atoms with van der Waals surface area (Å²) in [5.41, 5.74) is 0.552. The molecule has 0 spiro atoms. The van der Waals surface area contributed by atoms with E-state index in [1.807, 2.05) is 0 Å². The van der Waals surface area contributed by atoms with Crippen LogP contribution in [0.2, 0.25) is 5.02 Å².